The van der Waals surface area contributed by atoms with Crippen molar-refractivity contribution in [1.29, 1.82) is 0 Å². The smallest absolute Gasteiger partial charge is 0.254 e. The predicted molar refractivity (Wildman–Crippen MR) is 116 cm³/mol. The first-order valence-corrected chi connectivity index (χ1v) is 10.6. The van der Waals surface area contributed by atoms with Crippen LogP contribution >= 0.6 is 0 Å². The van der Waals surface area contributed by atoms with Crippen LogP contribution < -0.4 is 10.6 Å². The first-order chi connectivity index (χ1) is 14.6. The Morgan fingerprint density at radius 1 is 0.833 bits per heavy atom. The number of carbonyl (C=O) groups excluding carboxylic acids is 3. The minimum Gasteiger partial charge on any atom is -0.356 e. The molecule has 30 heavy (non-hydrogen) atoms. The van der Waals surface area contributed by atoms with E-state index < -0.39 is 0 Å². The second-order valence-electron chi connectivity index (χ2n) is 7.58. The van der Waals surface area contributed by atoms with Crippen LogP contribution in [0.4, 0.5) is 0 Å². The number of amides is 3. The van der Waals surface area contributed by atoms with Crippen LogP contribution in [0, 0.1) is 0 Å². The maximum atomic E-state index is 12.8. The minimum atomic E-state index is -0.175. The molecule has 1 atom stereocenters. The van der Waals surface area contributed by atoms with E-state index in [0.717, 1.165) is 12.8 Å². The van der Waals surface area contributed by atoms with Crippen LogP contribution in [0.1, 0.15) is 47.5 Å². The molecule has 1 heterocycles. The second kappa shape index (κ2) is 11.1. The number of hydrogen-bond donors (Lipinski definition) is 2. The molecule has 1 aliphatic heterocycles. The van der Waals surface area contributed by atoms with Gasteiger partial charge in [-0.05, 0) is 42.9 Å². The summed E-state index contributed by atoms with van der Waals surface area (Å²) in [6, 6.07) is 19.0. The molecule has 1 saturated heterocycles. The van der Waals surface area contributed by atoms with E-state index in [1.807, 2.05) is 24.3 Å². The highest BCUT2D eigenvalue weighted by Crippen LogP contribution is 2.24. The van der Waals surface area contributed by atoms with E-state index in [1.165, 1.54) is 5.56 Å². The number of hydrogen-bond acceptors (Lipinski definition) is 3. The third-order valence-electron chi connectivity index (χ3n) is 5.38. The fraction of sp³-hybridized carbons (Fsp3) is 0.375. The van der Waals surface area contributed by atoms with Gasteiger partial charge in [0, 0.05) is 31.6 Å². The summed E-state index contributed by atoms with van der Waals surface area (Å²) in [5.41, 5.74) is 1.73. The van der Waals surface area contributed by atoms with E-state index in [0.29, 0.717) is 38.0 Å². The van der Waals surface area contributed by atoms with Crippen molar-refractivity contribution in [1.82, 2.24) is 15.5 Å². The number of benzene rings is 2. The molecule has 0 bridgehead atoms. The van der Waals surface area contributed by atoms with E-state index in [1.54, 1.807) is 29.2 Å². The molecule has 0 aromatic heterocycles. The molecule has 2 aromatic carbocycles. The Balaban J connectivity index is 1.68. The molecule has 2 aromatic rings. The summed E-state index contributed by atoms with van der Waals surface area (Å²) in [5, 5.41) is 5.89. The summed E-state index contributed by atoms with van der Waals surface area (Å²) >= 11 is 0. The lowest BCUT2D eigenvalue weighted by molar-refractivity contribution is -0.123. The SMILES string of the molecule is O=C1CCC(c2ccccc2)CCNC(=O)CN(C(=O)c2ccccc2)CCCN1. The zero-order chi connectivity index (χ0) is 21.2. The van der Waals surface area contributed by atoms with Gasteiger partial charge in [-0.3, -0.25) is 14.4 Å². The van der Waals surface area contributed by atoms with Gasteiger partial charge in [-0.2, -0.15) is 0 Å². The van der Waals surface area contributed by atoms with Gasteiger partial charge < -0.3 is 15.5 Å². The van der Waals surface area contributed by atoms with Gasteiger partial charge in [-0.25, -0.2) is 0 Å². The molecule has 6 nitrogen and oxygen atoms in total. The van der Waals surface area contributed by atoms with Crippen LogP contribution in [-0.2, 0) is 9.59 Å². The standard InChI is InChI=1S/C24H29N3O3/c28-22-13-12-20(19-8-3-1-4-9-19)14-16-26-23(29)18-27(17-7-15-25-22)24(30)21-10-5-2-6-11-21/h1-6,8-11,20H,7,12-18H2,(H,25,28)(H,26,29). The molecular formula is C24H29N3O3. The fourth-order valence-electron chi connectivity index (χ4n) is 3.73. The zero-order valence-corrected chi connectivity index (χ0v) is 17.2. The molecule has 1 unspecified atom stereocenters. The van der Waals surface area contributed by atoms with Crippen molar-refractivity contribution in [3.8, 4) is 0 Å². The molecule has 0 spiro atoms. The van der Waals surface area contributed by atoms with E-state index in [9.17, 15) is 14.4 Å². The van der Waals surface area contributed by atoms with Crippen LogP contribution in [0.3, 0.4) is 0 Å². The maximum absolute atomic E-state index is 12.8. The van der Waals surface area contributed by atoms with Crippen molar-refractivity contribution in [2.75, 3.05) is 26.2 Å². The van der Waals surface area contributed by atoms with Gasteiger partial charge in [0.1, 0.15) is 0 Å². The number of rotatable bonds is 2. The van der Waals surface area contributed by atoms with Crippen molar-refractivity contribution in [2.24, 2.45) is 0 Å². The Morgan fingerprint density at radius 3 is 2.23 bits per heavy atom. The number of nitrogens with one attached hydrogen (secondary N) is 2. The lowest BCUT2D eigenvalue weighted by Crippen LogP contribution is -2.42. The van der Waals surface area contributed by atoms with Crippen molar-refractivity contribution >= 4 is 17.7 Å². The van der Waals surface area contributed by atoms with Gasteiger partial charge in [0.05, 0.1) is 6.54 Å². The highest BCUT2D eigenvalue weighted by Gasteiger charge is 2.20. The van der Waals surface area contributed by atoms with E-state index in [-0.39, 0.29) is 30.2 Å². The second-order valence-corrected chi connectivity index (χ2v) is 7.58. The zero-order valence-electron chi connectivity index (χ0n) is 17.2. The Labute approximate surface area is 177 Å². The molecule has 1 fully saturated rings. The lowest BCUT2D eigenvalue weighted by atomic mass is 9.91. The maximum Gasteiger partial charge on any atom is 0.254 e. The minimum absolute atomic E-state index is 0.0116. The summed E-state index contributed by atoms with van der Waals surface area (Å²) in [6.45, 7) is 1.41. The fourth-order valence-corrected chi connectivity index (χ4v) is 3.73. The quantitative estimate of drug-likeness (QED) is 0.804. The van der Waals surface area contributed by atoms with E-state index in [4.69, 9.17) is 0 Å². The highest BCUT2D eigenvalue weighted by molar-refractivity contribution is 5.96. The van der Waals surface area contributed by atoms with Gasteiger partial charge in [0.2, 0.25) is 11.8 Å². The Hall–Kier alpha value is -3.15. The van der Waals surface area contributed by atoms with Gasteiger partial charge in [0.25, 0.3) is 5.91 Å². The van der Waals surface area contributed by atoms with Crippen LogP contribution in [0.5, 0.6) is 0 Å². The summed E-state index contributed by atoms with van der Waals surface area (Å²) in [7, 11) is 0. The molecule has 6 heteroatoms. The van der Waals surface area contributed by atoms with Crippen molar-refractivity contribution in [3.63, 3.8) is 0 Å². The van der Waals surface area contributed by atoms with Crippen LogP contribution in [0.2, 0.25) is 0 Å². The first-order valence-electron chi connectivity index (χ1n) is 10.6. The molecule has 1 aliphatic rings. The summed E-state index contributed by atoms with van der Waals surface area (Å²) in [5.74, 6) is -0.112. The molecule has 3 amide bonds. The monoisotopic (exact) mass is 407 g/mol. The van der Waals surface area contributed by atoms with Gasteiger partial charge in [0.15, 0.2) is 0 Å². The van der Waals surface area contributed by atoms with Gasteiger partial charge in [-0.1, -0.05) is 48.5 Å². The van der Waals surface area contributed by atoms with Gasteiger partial charge >= 0.3 is 0 Å². The average molecular weight is 408 g/mol. The lowest BCUT2D eigenvalue weighted by Gasteiger charge is -2.24. The molecule has 158 valence electrons. The van der Waals surface area contributed by atoms with E-state index >= 15 is 0 Å². The molecule has 0 saturated carbocycles. The number of carbonyl (C=O) groups is 3. The topological polar surface area (TPSA) is 78.5 Å². The first kappa shape index (κ1) is 21.6. The summed E-state index contributed by atoms with van der Waals surface area (Å²) < 4.78 is 0. The van der Waals surface area contributed by atoms with Crippen molar-refractivity contribution in [2.45, 2.75) is 31.6 Å². The largest absolute Gasteiger partial charge is 0.356 e. The van der Waals surface area contributed by atoms with E-state index in [2.05, 4.69) is 22.8 Å². The number of nitrogens with zero attached hydrogens (tertiary/aromatic N) is 1. The molecule has 0 radical (unpaired) electrons. The van der Waals surface area contributed by atoms with Crippen LogP contribution in [-0.4, -0.2) is 48.8 Å². The average Bonchev–Trinajstić information content (AvgIpc) is 2.78. The van der Waals surface area contributed by atoms with Crippen molar-refractivity contribution in [3.05, 3.63) is 71.8 Å². The summed E-state index contributed by atoms with van der Waals surface area (Å²) in [6.07, 6.45) is 2.53. The molecule has 0 aliphatic carbocycles. The third-order valence-corrected chi connectivity index (χ3v) is 5.38. The highest BCUT2D eigenvalue weighted by atomic mass is 16.2. The predicted octanol–water partition coefficient (Wildman–Crippen LogP) is 2.72. The molecular weight excluding hydrogens is 378 g/mol. The normalized spacial score (nSPS) is 19.3. The third kappa shape index (κ3) is 6.44. The Morgan fingerprint density at radius 2 is 1.50 bits per heavy atom. The van der Waals surface area contributed by atoms with Gasteiger partial charge in [-0.15, -0.1) is 0 Å². The Kier molecular flexibility index (Phi) is 8.01. The van der Waals surface area contributed by atoms with Crippen LogP contribution in [0.25, 0.3) is 0 Å². The molecule has 3 rings (SSSR count). The Bertz CT molecular complexity index is 839. The summed E-state index contributed by atoms with van der Waals surface area (Å²) in [4.78, 5) is 39.2. The van der Waals surface area contributed by atoms with Crippen LogP contribution in [0.15, 0.2) is 60.7 Å². The van der Waals surface area contributed by atoms with Crippen molar-refractivity contribution < 1.29 is 14.4 Å². The molecule has 2 N–H and O–H groups in total.